The van der Waals surface area contributed by atoms with E-state index in [-0.39, 0.29) is 42.2 Å². The lowest BCUT2D eigenvalue weighted by atomic mass is 9.83. The van der Waals surface area contributed by atoms with Gasteiger partial charge in [0.05, 0.1) is 6.42 Å². The molecule has 1 N–H and O–H groups in total. The number of carbonyl (C=O) groups excluding carboxylic acids is 2. The molecule has 0 spiro atoms. The van der Waals surface area contributed by atoms with E-state index in [1.807, 2.05) is 71.6 Å². The molecule has 2 aromatic carbocycles. The Balaban J connectivity index is 1.26. The zero-order valence-electron chi connectivity index (χ0n) is 18.9. The Morgan fingerprint density at radius 1 is 0.912 bits per heavy atom. The number of anilines is 1. The maximum atomic E-state index is 13.2. The number of nitrogens with zero attached hydrogens (tertiary/aromatic N) is 2. The van der Waals surface area contributed by atoms with E-state index in [9.17, 15) is 14.4 Å². The average Bonchev–Trinajstić information content (AvgIpc) is 2.85. The van der Waals surface area contributed by atoms with Crippen LogP contribution in [0.15, 0.2) is 77.6 Å². The summed E-state index contributed by atoms with van der Waals surface area (Å²) in [4.78, 5) is 40.3. The Kier molecular flexibility index (Phi) is 6.16. The molecular weight excluding hydrogens is 430 g/mol. The molecule has 34 heavy (non-hydrogen) atoms. The van der Waals surface area contributed by atoms with Crippen molar-refractivity contribution in [1.82, 2.24) is 9.47 Å². The van der Waals surface area contributed by atoms with Gasteiger partial charge in [-0.15, -0.1) is 0 Å². The van der Waals surface area contributed by atoms with Gasteiger partial charge in [-0.25, -0.2) is 0 Å². The first-order chi connectivity index (χ1) is 16.6. The van der Waals surface area contributed by atoms with Crippen LogP contribution in [-0.4, -0.2) is 41.0 Å². The van der Waals surface area contributed by atoms with Crippen LogP contribution in [0.4, 0.5) is 5.69 Å². The standard InChI is InChI=1S/C27H27N3O4/c31-25(14-19-7-3-1-4-8-19)28-23-11-12-24-21-13-20(16-30(24)27(23)33)15-29(17-21)26(32)18-34-22-9-5-2-6-10-22/h1-12,20-21H,13-18H2,(H,28,31)/t20-,21+/m0/s1. The summed E-state index contributed by atoms with van der Waals surface area (Å²) in [6.07, 6.45) is 1.16. The number of benzene rings is 2. The molecule has 2 amide bonds. The molecule has 5 rings (SSSR count). The van der Waals surface area contributed by atoms with Crippen LogP contribution in [0.3, 0.4) is 0 Å². The number of amides is 2. The number of rotatable bonds is 6. The van der Waals surface area contributed by atoms with Crippen LogP contribution >= 0.6 is 0 Å². The number of para-hydroxylation sites is 1. The number of nitrogens with one attached hydrogen (secondary N) is 1. The first kappa shape index (κ1) is 21.9. The van der Waals surface area contributed by atoms with Crippen molar-refractivity contribution in [3.05, 3.63) is 94.4 Å². The highest BCUT2D eigenvalue weighted by Gasteiger charge is 2.36. The fraction of sp³-hybridized carbons (Fsp3) is 0.296. The Morgan fingerprint density at radius 3 is 2.41 bits per heavy atom. The second-order valence-electron chi connectivity index (χ2n) is 9.00. The van der Waals surface area contributed by atoms with Crippen LogP contribution in [0, 0.1) is 5.92 Å². The Bertz CT molecular complexity index is 1240. The molecule has 0 saturated carbocycles. The number of carbonyl (C=O) groups is 2. The number of fused-ring (bicyclic) bond motifs is 4. The monoisotopic (exact) mass is 457 g/mol. The molecule has 0 radical (unpaired) electrons. The molecule has 2 aliphatic heterocycles. The third-order valence-electron chi connectivity index (χ3n) is 6.54. The van der Waals surface area contributed by atoms with Crippen LogP contribution in [-0.2, 0) is 22.6 Å². The normalized spacial score (nSPS) is 18.6. The second kappa shape index (κ2) is 9.55. The molecule has 174 valence electrons. The van der Waals surface area contributed by atoms with Crippen LogP contribution in [0.25, 0.3) is 0 Å². The number of ether oxygens (including phenoxy) is 1. The van der Waals surface area contributed by atoms with Gasteiger partial charge < -0.3 is 19.5 Å². The quantitative estimate of drug-likeness (QED) is 0.617. The van der Waals surface area contributed by atoms with Gasteiger partial charge in [-0.2, -0.15) is 0 Å². The topological polar surface area (TPSA) is 80.6 Å². The largest absolute Gasteiger partial charge is 0.484 e. The van der Waals surface area contributed by atoms with Crippen molar-refractivity contribution in [2.24, 2.45) is 5.92 Å². The molecule has 3 aromatic rings. The van der Waals surface area contributed by atoms with Gasteiger partial charge in [0.15, 0.2) is 6.61 Å². The van der Waals surface area contributed by atoms with Crippen LogP contribution in [0.5, 0.6) is 5.75 Å². The molecule has 2 bridgehead atoms. The highest BCUT2D eigenvalue weighted by molar-refractivity contribution is 5.92. The van der Waals surface area contributed by atoms with E-state index >= 15 is 0 Å². The van der Waals surface area contributed by atoms with E-state index in [4.69, 9.17) is 4.74 Å². The highest BCUT2D eigenvalue weighted by Crippen LogP contribution is 2.35. The smallest absolute Gasteiger partial charge is 0.274 e. The molecule has 7 heteroatoms. The zero-order chi connectivity index (χ0) is 23.5. The number of pyridine rings is 1. The number of aromatic nitrogens is 1. The van der Waals surface area contributed by atoms with E-state index in [1.165, 1.54) is 0 Å². The van der Waals surface area contributed by atoms with Crippen molar-refractivity contribution in [3.8, 4) is 5.75 Å². The van der Waals surface area contributed by atoms with Gasteiger partial charge in [0, 0.05) is 31.2 Å². The number of hydrogen-bond donors (Lipinski definition) is 1. The highest BCUT2D eigenvalue weighted by atomic mass is 16.5. The summed E-state index contributed by atoms with van der Waals surface area (Å²) in [6, 6.07) is 22.4. The predicted octanol–water partition coefficient (Wildman–Crippen LogP) is 3.05. The summed E-state index contributed by atoms with van der Waals surface area (Å²) in [6.45, 7) is 1.70. The van der Waals surface area contributed by atoms with Crippen molar-refractivity contribution < 1.29 is 14.3 Å². The molecule has 2 atom stereocenters. The van der Waals surface area contributed by atoms with Crippen LogP contribution in [0.2, 0.25) is 0 Å². The minimum absolute atomic E-state index is 0.00262. The second-order valence-corrected chi connectivity index (χ2v) is 9.00. The summed E-state index contributed by atoms with van der Waals surface area (Å²) in [5.74, 6) is 0.704. The fourth-order valence-corrected chi connectivity index (χ4v) is 4.97. The molecule has 1 aromatic heterocycles. The molecule has 0 unspecified atom stereocenters. The van der Waals surface area contributed by atoms with Crippen molar-refractivity contribution in [1.29, 1.82) is 0 Å². The predicted molar refractivity (Wildman–Crippen MR) is 129 cm³/mol. The zero-order valence-corrected chi connectivity index (χ0v) is 18.9. The summed E-state index contributed by atoms with van der Waals surface area (Å²) >= 11 is 0. The third kappa shape index (κ3) is 4.73. The van der Waals surface area contributed by atoms with E-state index < -0.39 is 0 Å². The first-order valence-electron chi connectivity index (χ1n) is 11.6. The van der Waals surface area contributed by atoms with Crippen molar-refractivity contribution >= 4 is 17.5 Å². The van der Waals surface area contributed by atoms with E-state index in [0.29, 0.717) is 31.1 Å². The molecule has 2 aliphatic rings. The number of likely N-dealkylation sites (tertiary alicyclic amines) is 1. The average molecular weight is 458 g/mol. The summed E-state index contributed by atoms with van der Waals surface area (Å²) in [7, 11) is 0. The molecule has 1 saturated heterocycles. The van der Waals surface area contributed by atoms with Crippen molar-refractivity contribution in [2.45, 2.75) is 25.3 Å². The summed E-state index contributed by atoms with van der Waals surface area (Å²) < 4.78 is 7.42. The van der Waals surface area contributed by atoms with Gasteiger partial charge >= 0.3 is 0 Å². The minimum Gasteiger partial charge on any atom is -0.484 e. The van der Waals surface area contributed by atoms with Gasteiger partial charge in [-0.05, 0) is 42.2 Å². The Morgan fingerprint density at radius 2 is 1.65 bits per heavy atom. The summed E-state index contributed by atoms with van der Waals surface area (Å²) in [5, 5.41) is 2.78. The summed E-state index contributed by atoms with van der Waals surface area (Å²) in [5.41, 5.74) is 1.94. The van der Waals surface area contributed by atoms with E-state index in [2.05, 4.69) is 5.32 Å². The SMILES string of the molecule is O=C(Cc1ccccc1)Nc1ccc2n(c1=O)C[C@H]1C[C@@H]2CN(C(=O)COc2ccccc2)C1. The van der Waals surface area contributed by atoms with Crippen molar-refractivity contribution in [3.63, 3.8) is 0 Å². The molecule has 7 nitrogen and oxygen atoms in total. The lowest BCUT2D eigenvalue weighted by Crippen LogP contribution is -2.50. The lowest BCUT2D eigenvalue weighted by Gasteiger charge is -2.42. The van der Waals surface area contributed by atoms with Crippen molar-refractivity contribution in [2.75, 3.05) is 25.0 Å². The van der Waals surface area contributed by atoms with Gasteiger partial charge in [-0.3, -0.25) is 14.4 Å². The maximum Gasteiger partial charge on any atom is 0.274 e. The van der Waals surface area contributed by atoms with Gasteiger partial charge in [0.25, 0.3) is 11.5 Å². The lowest BCUT2D eigenvalue weighted by molar-refractivity contribution is -0.136. The number of piperidine rings is 1. The molecular formula is C27H27N3O4. The Labute approximate surface area is 198 Å². The first-order valence-corrected chi connectivity index (χ1v) is 11.6. The fourth-order valence-electron chi connectivity index (χ4n) is 4.97. The number of hydrogen-bond acceptors (Lipinski definition) is 4. The van der Waals surface area contributed by atoms with Gasteiger partial charge in [0.2, 0.25) is 5.91 Å². The molecule has 1 fully saturated rings. The van der Waals surface area contributed by atoms with Gasteiger partial charge in [-0.1, -0.05) is 48.5 Å². The van der Waals surface area contributed by atoms with Gasteiger partial charge in [0.1, 0.15) is 11.4 Å². The Hall–Kier alpha value is -3.87. The molecule has 3 heterocycles. The van der Waals surface area contributed by atoms with Crippen LogP contribution in [0.1, 0.15) is 23.6 Å². The van der Waals surface area contributed by atoms with Crippen LogP contribution < -0.4 is 15.6 Å². The maximum absolute atomic E-state index is 13.2. The molecule has 0 aliphatic carbocycles. The third-order valence-corrected chi connectivity index (χ3v) is 6.54. The van der Waals surface area contributed by atoms with E-state index in [0.717, 1.165) is 17.7 Å². The van der Waals surface area contributed by atoms with E-state index in [1.54, 1.807) is 10.6 Å². The minimum atomic E-state index is -0.213.